The van der Waals surface area contributed by atoms with Crippen molar-refractivity contribution in [3.63, 3.8) is 0 Å². The third-order valence-electron chi connectivity index (χ3n) is 10.6. The highest BCUT2D eigenvalue weighted by atomic mass is 17.5. The molecule has 8 unspecified atom stereocenters. The van der Waals surface area contributed by atoms with Gasteiger partial charge in [0.05, 0.1) is 12.7 Å². The number of carbonyl (C=O) groups is 1. The number of amides is 1. The maximum atomic E-state index is 12.3. The van der Waals surface area contributed by atoms with Crippen LogP contribution in [0.25, 0.3) is 0 Å². The minimum atomic E-state index is -0.0957. The summed E-state index contributed by atoms with van der Waals surface area (Å²) in [6.07, 6.45) is 18.3. The normalized spacial score (nSPS) is 38.9. The summed E-state index contributed by atoms with van der Waals surface area (Å²) < 4.78 is 5.23. The molecule has 35 heavy (non-hydrogen) atoms. The number of hydrogen-bond donors (Lipinski definition) is 1. The van der Waals surface area contributed by atoms with Gasteiger partial charge in [0.15, 0.2) is 0 Å². The highest BCUT2D eigenvalue weighted by Gasteiger charge is 2.59. The van der Waals surface area contributed by atoms with Crippen LogP contribution in [0.3, 0.4) is 0 Å². The lowest BCUT2D eigenvalue weighted by Crippen LogP contribution is -2.51. The second-order valence-electron chi connectivity index (χ2n) is 12.1. The van der Waals surface area contributed by atoms with Crippen LogP contribution in [0.15, 0.2) is 11.6 Å². The molecule has 8 atom stereocenters. The lowest BCUT2D eigenvalue weighted by molar-refractivity contribution is -0.805. The van der Waals surface area contributed by atoms with Gasteiger partial charge in [0.1, 0.15) is 6.61 Å². The summed E-state index contributed by atoms with van der Waals surface area (Å²) in [6, 6.07) is 0. The molecular weight excluding hydrogens is 442 g/mol. The van der Waals surface area contributed by atoms with Crippen molar-refractivity contribution >= 4 is 5.91 Å². The van der Waals surface area contributed by atoms with Gasteiger partial charge in [-0.25, -0.2) is 4.89 Å². The molecule has 0 aromatic rings. The largest absolute Gasteiger partial charge is 0.692 e. The molecule has 0 aliphatic heterocycles. The Balaban J connectivity index is 1.34. The topological polar surface area (TPSA) is 79.9 Å². The van der Waals surface area contributed by atoms with E-state index < -0.39 is 0 Å². The van der Waals surface area contributed by atoms with Gasteiger partial charge in [-0.3, -0.25) is 9.83 Å². The summed E-state index contributed by atoms with van der Waals surface area (Å²) in [6.45, 7) is 8.67. The summed E-state index contributed by atoms with van der Waals surface area (Å²) in [5.41, 5.74) is 2.10. The van der Waals surface area contributed by atoms with Crippen LogP contribution < -0.4 is 10.6 Å². The number of nitrogens with one attached hydrogen (secondary N) is 1. The fraction of sp³-hybridized carbons (Fsp3) is 0.828. The molecule has 0 radical (unpaired) electrons. The van der Waals surface area contributed by atoms with Crippen LogP contribution in [0.5, 0.6) is 0 Å². The molecular formula is C29H44NO5-. The average Bonchev–Trinajstić information content (AvgIpc) is 3.20. The van der Waals surface area contributed by atoms with E-state index in [1.165, 1.54) is 31.3 Å². The zero-order valence-corrected chi connectivity index (χ0v) is 21.9. The minimum Gasteiger partial charge on any atom is -0.692 e. The monoisotopic (exact) mass is 486 g/mol. The number of fused-ring (bicyclic) bond motifs is 5. The molecule has 0 bridgehead atoms. The predicted molar refractivity (Wildman–Crippen MR) is 132 cm³/mol. The van der Waals surface area contributed by atoms with Crippen LogP contribution in [-0.4, -0.2) is 31.8 Å². The fourth-order valence-electron chi connectivity index (χ4n) is 8.78. The van der Waals surface area contributed by atoms with Crippen molar-refractivity contribution in [2.24, 2.45) is 40.4 Å². The molecule has 3 fully saturated rings. The summed E-state index contributed by atoms with van der Waals surface area (Å²) in [5.74, 6) is 6.04. The second-order valence-corrected chi connectivity index (χ2v) is 12.1. The molecule has 1 amide bonds. The molecule has 0 saturated heterocycles. The Morgan fingerprint density at radius 1 is 1.26 bits per heavy atom. The number of ether oxygens (including phenoxy) is 1. The van der Waals surface area contributed by atoms with E-state index in [1.54, 1.807) is 0 Å². The molecule has 6 nitrogen and oxygen atoms in total. The maximum Gasteiger partial charge on any atom is 0.220 e. The predicted octanol–water partition coefficient (Wildman–Crippen LogP) is 4.34. The van der Waals surface area contributed by atoms with Crippen LogP contribution in [0.2, 0.25) is 0 Å². The van der Waals surface area contributed by atoms with Gasteiger partial charge in [-0.1, -0.05) is 38.3 Å². The third kappa shape index (κ3) is 5.34. The first-order valence-corrected chi connectivity index (χ1v) is 13.8. The molecule has 0 aromatic heterocycles. The summed E-state index contributed by atoms with van der Waals surface area (Å²) in [5, 5.41) is 17.2. The molecule has 6 heteroatoms. The molecule has 4 rings (SSSR count). The molecule has 4 aliphatic carbocycles. The minimum absolute atomic E-state index is 0.0957. The van der Waals surface area contributed by atoms with Crippen molar-refractivity contribution in [3.8, 4) is 12.3 Å². The first-order valence-electron chi connectivity index (χ1n) is 13.8. The quantitative estimate of drug-likeness (QED) is 0.163. The number of allylic oxidation sites excluding steroid dienone is 1. The SMILES string of the molecule is C#CCOCCNC(=O)CCC(C)C1CCC2C3CC=C4CC(OO[O-])CCC4(C)C3CCC12C. The number of carbonyl (C=O) groups excluding carboxylic acids is 1. The van der Waals surface area contributed by atoms with Crippen molar-refractivity contribution < 1.29 is 24.7 Å². The van der Waals surface area contributed by atoms with Gasteiger partial charge < -0.3 is 15.3 Å². The Morgan fingerprint density at radius 3 is 2.86 bits per heavy atom. The maximum absolute atomic E-state index is 12.3. The van der Waals surface area contributed by atoms with Gasteiger partial charge >= 0.3 is 0 Å². The van der Waals surface area contributed by atoms with Gasteiger partial charge in [-0.05, 0) is 98.2 Å². The molecule has 0 spiro atoms. The van der Waals surface area contributed by atoms with Crippen molar-refractivity contribution in [1.29, 1.82) is 0 Å². The summed E-state index contributed by atoms with van der Waals surface area (Å²) in [7, 11) is 0. The summed E-state index contributed by atoms with van der Waals surface area (Å²) in [4.78, 5) is 17.3. The van der Waals surface area contributed by atoms with E-state index in [1.807, 2.05) is 0 Å². The van der Waals surface area contributed by atoms with Gasteiger partial charge in [-0.15, -0.1) is 6.42 Å². The van der Waals surface area contributed by atoms with Crippen LogP contribution in [0, 0.1) is 52.8 Å². The Labute approximate surface area is 211 Å². The Kier molecular flexibility index (Phi) is 8.64. The van der Waals surface area contributed by atoms with E-state index in [9.17, 15) is 10.1 Å². The van der Waals surface area contributed by atoms with E-state index in [0.717, 1.165) is 49.9 Å². The zero-order valence-electron chi connectivity index (χ0n) is 21.9. The van der Waals surface area contributed by atoms with Gasteiger partial charge in [-0.2, -0.15) is 0 Å². The molecule has 3 saturated carbocycles. The summed E-state index contributed by atoms with van der Waals surface area (Å²) >= 11 is 0. The van der Waals surface area contributed by atoms with E-state index in [-0.39, 0.29) is 24.0 Å². The van der Waals surface area contributed by atoms with Crippen LogP contribution >= 0.6 is 0 Å². The first-order chi connectivity index (χ1) is 16.8. The number of terminal acetylenes is 1. The smallest absolute Gasteiger partial charge is 0.220 e. The van der Waals surface area contributed by atoms with E-state index >= 15 is 0 Å². The van der Waals surface area contributed by atoms with Crippen LogP contribution in [0.1, 0.15) is 85.0 Å². The lowest BCUT2D eigenvalue weighted by atomic mass is 9.47. The Bertz CT molecular complexity index is 820. The van der Waals surface area contributed by atoms with E-state index in [0.29, 0.717) is 36.8 Å². The van der Waals surface area contributed by atoms with Crippen LogP contribution in [-0.2, 0) is 19.5 Å². The highest BCUT2D eigenvalue weighted by molar-refractivity contribution is 5.75. The number of rotatable bonds is 10. The third-order valence-corrected chi connectivity index (χ3v) is 10.6. The van der Waals surface area contributed by atoms with Crippen molar-refractivity contribution in [3.05, 3.63) is 11.6 Å². The van der Waals surface area contributed by atoms with Gasteiger partial charge in [0.2, 0.25) is 5.91 Å². The average molecular weight is 487 g/mol. The Hall–Kier alpha value is -1.39. The molecule has 4 aliphatic rings. The van der Waals surface area contributed by atoms with E-state index in [4.69, 9.17) is 16.0 Å². The van der Waals surface area contributed by atoms with Crippen LogP contribution in [0.4, 0.5) is 0 Å². The lowest BCUT2D eigenvalue weighted by Gasteiger charge is -2.58. The number of hydrogen-bond acceptors (Lipinski definition) is 5. The zero-order chi connectivity index (χ0) is 25.1. The molecule has 1 N–H and O–H groups in total. The van der Waals surface area contributed by atoms with Crippen molar-refractivity contribution in [2.45, 2.75) is 91.1 Å². The van der Waals surface area contributed by atoms with Crippen molar-refractivity contribution in [2.75, 3.05) is 19.8 Å². The van der Waals surface area contributed by atoms with E-state index in [2.05, 4.69) is 43.1 Å². The van der Waals surface area contributed by atoms with Gasteiger partial charge in [0, 0.05) is 13.0 Å². The van der Waals surface area contributed by atoms with Gasteiger partial charge in [0.25, 0.3) is 0 Å². The molecule has 0 heterocycles. The Morgan fingerprint density at radius 2 is 2.09 bits per heavy atom. The second kappa shape index (κ2) is 11.3. The standard InChI is InChI=1S/C29H45NO5/c1-5-17-33-18-16-30-27(31)11-6-20(2)24-9-10-25-23-8-7-21-19-22(34-35-32)12-14-28(21,3)26(23)13-15-29(24,25)4/h1,7,20,22-26,32H,6,8-19H2,2-4H3,(H,30,31)/p-1. The molecule has 196 valence electrons. The van der Waals surface area contributed by atoms with Crippen molar-refractivity contribution in [1.82, 2.24) is 5.32 Å². The highest BCUT2D eigenvalue weighted by Crippen LogP contribution is 2.67. The fourth-order valence-corrected chi connectivity index (χ4v) is 8.78. The molecule has 0 aromatic carbocycles. The first kappa shape index (κ1) is 26.7.